The molecule has 1 atom stereocenters. The van der Waals surface area contributed by atoms with E-state index < -0.39 is 0 Å². The fraction of sp³-hybridized carbons (Fsp3) is 0.368. The summed E-state index contributed by atoms with van der Waals surface area (Å²) in [5.41, 5.74) is 2.19. The second kappa shape index (κ2) is 10.4. The van der Waals surface area contributed by atoms with Gasteiger partial charge in [-0.15, -0.1) is 0 Å². The first kappa shape index (κ1) is 17.9. The summed E-state index contributed by atoms with van der Waals surface area (Å²) in [6, 6.07) is 16.1. The predicted molar refractivity (Wildman–Crippen MR) is 97.7 cm³/mol. The van der Waals surface area contributed by atoms with E-state index in [1.807, 2.05) is 36.4 Å². The summed E-state index contributed by atoms with van der Waals surface area (Å²) in [6.45, 7) is 4.97. The van der Waals surface area contributed by atoms with Gasteiger partial charge in [0, 0.05) is 19.8 Å². The number of aliphatic imine (C=N–C) groups is 1. The van der Waals surface area contributed by atoms with Gasteiger partial charge in [-0.3, -0.25) is 9.98 Å². The van der Waals surface area contributed by atoms with Crippen molar-refractivity contribution in [1.29, 1.82) is 0 Å². The topological polar surface area (TPSA) is 58.5 Å². The molecule has 2 N–H and O–H groups in total. The van der Waals surface area contributed by atoms with E-state index in [0.29, 0.717) is 25.7 Å². The number of rotatable bonds is 8. The van der Waals surface area contributed by atoms with Crippen LogP contribution in [0.2, 0.25) is 0 Å². The van der Waals surface area contributed by atoms with Gasteiger partial charge in [0.2, 0.25) is 0 Å². The molecule has 2 aromatic rings. The third-order valence-electron chi connectivity index (χ3n) is 3.52. The fourth-order valence-corrected chi connectivity index (χ4v) is 2.18. The van der Waals surface area contributed by atoms with Gasteiger partial charge < -0.3 is 15.4 Å². The zero-order valence-electron chi connectivity index (χ0n) is 14.4. The van der Waals surface area contributed by atoms with Crippen LogP contribution in [0.3, 0.4) is 0 Å². The van der Waals surface area contributed by atoms with E-state index in [2.05, 4.69) is 39.7 Å². The van der Waals surface area contributed by atoms with Gasteiger partial charge in [-0.05, 0) is 23.6 Å². The molecule has 1 aromatic carbocycles. The van der Waals surface area contributed by atoms with Crippen LogP contribution in [-0.2, 0) is 17.9 Å². The van der Waals surface area contributed by atoms with E-state index in [-0.39, 0.29) is 0 Å². The third kappa shape index (κ3) is 6.79. The Bertz CT molecular complexity index is 601. The Balaban J connectivity index is 1.63. The van der Waals surface area contributed by atoms with E-state index in [1.165, 1.54) is 5.56 Å². The molecule has 0 bridgehead atoms. The summed E-state index contributed by atoms with van der Waals surface area (Å²) in [7, 11) is 1.77. The molecule has 0 spiro atoms. The number of aromatic nitrogens is 1. The molecular formula is C19H26N4O. The van der Waals surface area contributed by atoms with Gasteiger partial charge >= 0.3 is 0 Å². The second-order valence-corrected chi connectivity index (χ2v) is 5.73. The highest BCUT2D eigenvalue weighted by atomic mass is 16.5. The highest BCUT2D eigenvalue weighted by molar-refractivity contribution is 5.79. The summed E-state index contributed by atoms with van der Waals surface area (Å²) in [4.78, 5) is 8.51. The smallest absolute Gasteiger partial charge is 0.191 e. The Morgan fingerprint density at radius 2 is 1.92 bits per heavy atom. The Morgan fingerprint density at radius 3 is 2.62 bits per heavy atom. The van der Waals surface area contributed by atoms with Crippen LogP contribution in [0.15, 0.2) is 59.7 Å². The number of benzene rings is 1. The van der Waals surface area contributed by atoms with Gasteiger partial charge in [0.1, 0.15) is 0 Å². The van der Waals surface area contributed by atoms with Crippen molar-refractivity contribution in [2.75, 3.05) is 20.2 Å². The number of hydrogen-bond acceptors (Lipinski definition) is 3. The molecule has 5 heteroatoms. The number of ether oxygens (including phenoxy) is 1. The largest absolute Gasteiger partial charge is 0.376 e. The van der Waals surface area contributed by atoms with Gasteiger partial charge in [-0.25, -0.2) is 0 Å². The molecule has 5 nitrogen and oxygen atoms in total. The lowest BCUT2D eigenvalue weighted by Crippen LogP contribution is -2.39. The van der Waals surface area contributed by atoms with Crippen LogP contribution in [-0.4, -0.2) is 31.1 Å². The van der Waals surface area contributed by atoms with Crippen molar-refractivity contribution in [3.8, 4) is 0 Å². The second-order valence-electron chi connectivity index (χ2n) is 5.73. The molecular weight excluding hydrogens is 300 g/mol. The van der Waals surface area contributed by atoms with Crippen molar-refractivity contribution in [2.24, 2.45) is 10.9 Å². The number of nitrogens with one attached hydrogen (secondary N) is 2. The molecule has 24 heavy (non-hydrogen) atoms. The zero-order valence-corrected chi connectivity index (χ0v) is 14.4. The van der Waals surface area contributed by atoms with E-state index in [0.717, 1.165) is 18.2 Å². The van der Waals surface area contributed by atoms with Crippen molar-refractivity contribution >= 4 is 5.96 Å². The summed E-state index contributed by atoms with van der Waals surface area (Å²) in [5, 5.41) is 6.58. The molecule has 0 fully saturated rings. The van der Waals surface area contributed by atoms with Crippen LogP contribution in [0.4, 0.5) is 0 Å². The number of hydrogen-bond donors (Lipinski definition) is 2. The molecule has 0 aliphatic rings. The highest BCUT2D eigenvalue weighted by Crippen LogP contribution is 2.02. The predicted octanol–water partition coefficient (Wildman–Crippen LogP) is 2.60. The molecule has 0 radical (unpaired) electrons. The average Bonchev–Trinajstić information content (AvgIpc) is 2.63. The van der Waals surface area contributed by atoms with E-state index in [1.54, 1.807) is 13.2 Å². The van der Waals surface area contributed by atoms with E-state index in [9.17, 15) is 0 Å². The normalized spacial score (nSPS) is 12.7. The summed E-state index contributed by atoms with van der Waals surface area (Å²) in [5.74, 6) is 1.16. The Morgan fingerprint density at radius 1 is 1.12 bits per heavy atom. The van der Waals surface area contributed by atoms with Gasteiger partial charge in [-0.2, -0.15) is 0 Å². The minimum absolute atomic E-state index is 0.391. The van der Waals surface area contributed by atoms with E-state index in [4.69, 9.17) is 4.74 Å². The van der Waals surface area contributed by atoms with E-state index >= 15 is 0 Å². The van der Waals surface area contributed by atoms with Crippen molar-refractivity contribution in [3.63, 3.8) is 0 Å². The SMILES string of the molecule is CN=C(NCc1ccccn1)NCC(C)COCc1ccccc1. The minimum atomic E-state index is 0.391. The Labute approximate surface area is 144 Å². The first-order chi connectivity index (χ1) is 11.8. The van der Waals surface area contributed by atoms with Crippen molar-refractivity contribution in [2.45, 2.75) is 20.1 Å². The maximum atomic E-state index is 5.77. The summed E-state index contributed by atoms with van der Waals surface area (Å²) in [6.07, 6.45) is 1.79. The molecule has 0 saturated carbocycles. The van der Waals surface area contributed by atoms with Gasteiger partial charge in [0.15, 0.2) is 5.96 Å². The van der Waals surface area contributed by atoms with Crippen LogP contribution in [0, 0.1) is 5.92 Å². The maximum absolute atomic E-state index is 5.77. The number of nitrogens with zero attached hydrogens (tertiary/aromatic N) is 2. The molecule has 1 heterocycles. The van der Waals surface area contributed by atoms with Gasteiger partial charge in [0.25, 0.3) is 0 Å². The maximum Gasteiger partial charge on any atom is 0.191 e. The van der Waals surface area contributed by atoms with Crippen LogP contribution in [0.1, 0.15) is 18.2 Å². The molecule has 128 valence electrons. The number of guanidine groups is 1. The molecule has 2 rings (SSSR count). The third-order valence-corrected chi connectivity index (χ3v) is 3.52. The van der Waals surface area contributed by atoms with Crippen LogP contribution in [0.25, 0.3) is 0 Å². The minimum Gasteiger partial charge on any atom is -0.376 e. The lowest BCUT2D eigenvalue weighted by molar-refractivity contribution is 0.0931. The number of pyridine rings is 1. The first-order valence-corrected chi connectivity index (χ1v) is 8.24. The molecule has 0 saturated heterocycles. The van der Waals surface area contributed by atoms with Crippen molar-refractivity contribution in [1.82, 2.24) is 15.6 Å². The molecule has 0 aliphatic heterocycles. The van der Waals surface area contributed by atoms with Crippen molar-refractivity contribution < 1.29 is 4.74 Å². The van der Waals surface area contributed by atoms with Crippen LogP contribution >= 0.6 is 0 Å². The fourth-order valence-electron chi connectivity index (χ4n) is 2.18. The molecule has 0 amide bonds. The highest BCUT2D eigenvalue weighted by Gasteiger charge is 2.05. The zero-order chi connectivity index (χ0) is 17.0. The quantitative estimate of drug-likeness (QED) is 0.578. The monoisotopic (exact) mass is 326 g/mol. The molecule has 0 aliphatic carbocycles. The van der Waals surface area contributed by atoms with Gasteiger partial charge in [0.05, 0.1) is 25.5 Å². The lowest BCUT2D eigenvalue weighted by Gasteiger charge is -2.16. The lowest BCUT2D eigenvalue weighted by atomic mass is 10.2. The van der Waals surface area contributed by atoms with Crippen LogP contribution in [0.5, 0.6) is 0 Å². The average molecular weight is 326 g/mol. The van der Waals surface area contributed by atoms with Crippen LogP contribution < -0.4 is 10.6 Å². The first-order valence-electron chi connectivity index (χ1n) is 8.24. The Kier molecular flexibility index (Phi) is 7.77. The summed E-state index contributed by atoms with van der Waals surface area (Å²) >= 11 is 0. The standard InChI is InChI=1S/C19H26N4O/c1-16(14-24-15-17-8-4-3-5-9-17)12-22-19(20-2)23-13-18-10-6-7-11-21-18/h3-11,16H,12-15H2,1-2H3,(H2,20,22,23). The molecule has 1 aromatic heterocycles. The Hall–Kier alpha value is -2.40. The van der Waals surface area contributed by atoms with Gasteiger partial charge in [-0.1, -0.05) is 43.3 Å². The summed E-state index contributed by atoms with van der Waals surface area (Å²) < 4.78 is 5.77. The van der Waals surface area contributed by atoms with Crippen molar-refractivity contribution in [3.05, 3.63) is 66.0 Å². The molecule has 1 unspecified atom stereocenters.